The number of esters is 1. The fourth-order valence-corrected chi connectivity index (χ4v) is 1.49. The lowest BCUT2D eigenvalue weighted by Crippen LogP contribution is -2.03. The Morgan fingerprint density at radius 2 is 2.29 bits per heavy atom. The number of hydrogen-bond donors (Lipinski definition) is 2. The van der Waals surface area contributed by atoms with Gasteiger partial charge in [0.1, 0.15) is 5.69 Å². The number of nitrogens with two attached hydrogens (primary N) is 1. The zero-order chi connectivity index (χ0) is 10.7. The van der Waals surface area contributed by atoms with Gasteiger partial charge in [-0.1, -0.05) is 15.9 Å². The van der Waals surface area contributed by atoms with E-state index in [-0.39, 0.29) is 16.9 Å². The lowest BCUT2D eigenvalue weighted by atomic mass is 10.1. The first-order chi connectivity index (χ1) is 6.60. The molecular weight excluding hydrogens is 250 g/mol. The Labute approximate surface area is 88.9 Å². The van der Waals surface area contributed by atoms with Gasteiger partial charge in [-0.15, -0.1) is 0 Å². The number of rotatable bonds is 2. The summed E-state index contributed by atoms with van der Waals surface area (Å²) in [5.41, 5.74) is 13.0. The minimum Gasteiger partial charge on any atom is -0.465 e. The molecule has 0 unspecified atom stereocenters. The van der Waals surface area contributed by atoms with E-state index in [2.05, 4.69) is 25.8 Å². The first-order valence-electron chi connectivity index (χ1n) is 3.65. The summed E-state index contributed by atoms with van der Waals surface area (Å²) in [5.74, 6) is -0.566. The third-order valence-corrected chi connectivity index (χ3v) is 2.08. The van der Waals surface area contributed by atoms with Gasteiger partial charge < -0.3 is 10.5 Å². The summed E-state index contributed by atoms with van der Waals surface area (Å²) in [6, 6.07) is 3.08. The van der Waals surface area contributed by atoms with E-state index in [1.165, 1.54) is 13.2 Å². The highest BCUT2D eigenvalue weighted by molar-refractivity contribution is 9.10. The van der Waals surface area contributed by atoms with Crippen LogP contribution in [0.4, 0.5) is 11.4 Å². The zero-order valence-electron chi connectivity index (χ0n) is 7.37. The molecule has 1 rings (SSSR count). The van der Waals surface area contributed by atoms with Gasteiger partial charge in [0.2, 0.25) is 0 Å². The summed E-state index contributed by atoms with van der Waals surface area (Å²) in [7, 11) is 1.26. The average Bonchev–Trinajstić information content (AvgIpc) is 2.15. The molecule has 14 heavy (non-hydrogen) atoms. The molecule has 0 aliphatic heterocycles. The lowest BCUT2D eigenvalue weighted by molar-refractivity contribution is 0.0601. The Bertz CT molecular complexity index is 392. The van der Waals surface area contributed by atoms with Gasteiger partial charge in [0, 0.05) is 4.47 Å². The first-order valence-corrected chi connectivity index (χ1v) is 4.44. The second-order valence-corrected chi connectivity index (χ2v) is 3.41. The Morgan fingerprint density at radius 3 is 2.79 bits per heavy atom. The summed E-state index contributed by atoms with van der Waals surface area (Å²) in [5, 5.41) is 3.18. The molecule has 1 aromatic rings. The number of nitrogens with one attached hydrogen (secondary N) is 1. The van der Waals surface area contributed by atoms with Crippen LogP contribution in [0.5, 0.6) is 0 Å². The topological polar surface area (TPSA) is 88.5 Å². The van der Waals surface area contributed by atoms with Crippen LogP contribution in [0, 0.1) is 5.53 Å². The molecule has 0 saturated carbocycles. The van der Waals surface area contributed by atoms with E-state index in [1.54, 1.807) is 6.07 Å². The van der Waals surface area contributed by atoms with Gasteiger partial charge in [-0.2, -0.15) is 5.11 Å². The molecule has 6 heteroatoms. The lowest BCUT2D eigenvalue weighted by Gasteiger charge is -2.05. The molecule has 0 aliphatic rings. The number of hydrogen-bond acceptors (Lipinski definition) is 5. The van der Waals surface area contributed by atoms with Crippen molar-refractivity contribution in [2.45, 2.75) is 0 Å². The van der Waals surface area contributed by atoms with Crippen molar-refractivity contribution < 1.29 is 9.53 Å². The molecule has 0 saturated heterocycles. The summed E-state index contributed by atoms with van der Waals surface area (Å²) in [6.45, 7) is 0. The van der Waals surface area contributed by atoms with Crippen molar-refractivity contribution in [2.75, 3.05) is 12.8 Å². The first kappa shape index (κ1) is 10.6. The van der Waals surface area contributed by atoms with Gasteiger partial charge in [-0.25, -0.2) is 10.3 Å². The third-order valence-electron chi connectivity index (χ3n) is 1.62. The number of carbonyl (C=O) groups excluding carboxylic acids is 1. The molecule has 0 aliphatic carbocycles. The summed E-state index contributed by atoms with van der Waals surface area (Å²) in [4.78, 5) is 11.3. The normalized spacial score (nSPS) is 9.57. The highest BCUT2D eigenvalue weighted by Crippen LogP contribution is 2.31. The van der Waals surface area contributed by atoms with Crippen molar-refractivity contribution in [3.05, 3.63) is 22.2 Å². The van der Waals surface area contributed by atoms with Crippen molar-refractivity contribution in [1.82, 2.24) is 0 Å². The van der Waals surface area contributed by atoms with E-state index in [4.69, 9.17) is 11.3 Å². The van der Waals surface area contributed by atoms with Crippen LogP contribution in [0.3, 0.4) is 0 Å². The number of benzene rings is 1. The van der Waals surface area contributed by atoms with Crippen LogP contribution in [0.2, 0.25) is 0 Å². The Hall–Kier alpha value is -1.43. The van der Waals surface area contributed by atoms with Gasteiger partial charge in [0.15, 0.2) is 0 Å². The molecule has 0 aromatic heterocycles. The van der Waals surface area contributed by atoms with Crippen molar-refractivity contribution in [2.24, 2.45) is 5.11 Å². The maximum absolute atomic E-state index is 11.3. The Morgan fingerprint density at radius 1 is 1.64 bits per heavy atom. The minimum absolute atomic E-state index is 0.125. The number of anilines is 1. The second kappa shape index (κ2) is 4.19. The van der Waals surface area contributed by atoms with Crippen LogP contribution in [0.1, 0.15) is 10.4 Å². The van der Waals surface area contributed by atoms with E-state index >= 15 is 0 Å². The summed E-state index contributed by atoms with van der Waals surface area (Å²) < 4.78 is 5.17. The largest absolute Gasteiger partial charge is 0.465 e. The second-order valence-electron chi connectivity index (χ2n) is 2.49. The maximum Gasteiger partial charge on any atom is 0.340 e. The van der Waals surface area contributed by atoms with Crippen LogP contribution >= 0.6 is 15.9 Å². The van der Waals surface area contributed by atoms with Crippen LogP contribution < -0.4 is 5.73 Å². The molecule has 0 radical (unpaired) electrons. The van der Waals surface area contributed by atoms with E-state index in [9.17, 15) is 4.79 Å². The fraction of sp³-hybridized carbons (Fsp3) is 0.125. The Balaban J connectivity index is 3.39. The van der Waals surface area contributed by atoms with E-state index in [1.807, 2.05) is 0 Å². The Kier molecular flexibility index (Phi) is 3.19. The highest BCUT2D eigenvalue weighted by Gasteiger charge is 2.15. The number of carbonyl (C=O) groups is 1. The molecule has 0 amide bonds. The van der Waals surface area contributed by atoms with Crippen LogP contribution in [0.15, 0.2) is 21.7 Å². The molecular formula is C8H8BrN3O2. The average molecular weight is 258 g/mol. The quantitative estimate of drug-likeness (QED) is 0.485. The molecule has 0 bridgehead atoms. The maximum atomic E-state index is 11.3. The minimum atomic E-state index is -0.566. The van der Waals surface area contributed by atoms with Crippen molar-refractivity contribution in [3.8, 4) is 0 Å². The van der Waals surface area contributed by atoms with E-state index in [0.717, 1.165) is 0 Å². The molecule has 0 heterocycles. The van der Waals surface area contributed by atoms with Crippen molar-refractivity contribution in [1.29, 1.82) is 5.53 Å². The fourth-order valence-electron chi connectivity index (χ4n) is 1.01. The predicted octanol–water partition coefficient (Wildman–Crippen LogP) is 2.48. The van der Waals surface area contributed by atoms with Crippen molar-refractivity contribution in [3.63, 3.8) is 0 Å². The van der Waals surface area contributed by atoms with Crippen LogP contribution in [0.25, 0.3) is 0 Å². The van der Waals surface area contributed by atoms with Crippen LogP contribution in [-0.2, 0) is 4.74 Å². The number of ether oxygens (including phenoxy) is 1. The summed E-state index contributed by atoms with van der Waals surface area (Å²) in [6.07, 6.45) is 0. The smallest absolute Gasteiger partial charge is 0.340 e. The number of nitrogen functional groups attached to an aromatic ring is 1. The molecule has 74 valence electrons. The highest BCUT2D eigenvalue weighted by atomic mass is 79.9. The molecule has 3 N–H and O–H groups in total. The number of nitrogens with zero attached hydrogens (tertiary/aromatic N) is 1. The monoisotopic (exact) mass is 257 g/mol. The zero-order valence-corrected chi connectivity index (χ0v) is 8.96. The van der Waals surface area contributed by atoms with Gasteiger partial charge >= 0.3 is 5.97 Å². The van der Waals surface area contributed by atoms with Gasteiger partial charge in [-0.05, 0) is 12.1 Å². The van der Waals surface area contributed by atoms with E-state index in [0.29, 0.717) is 4.47 Å². The molecule has 0 fully saturated rings. The van der Waals surface area contributed by atoms with Gasteiger partial charge in [0.25, 0.3) is 0 Å². The SMILES string of the molecule is COC(=O)c1cc(Br)cc(N)c1N=N. The molecule has 0 atom stereocenters. The molecule has 5 nitrogen and oxygen atoms in total. The predicted molar refractivity (Wildman–Crippen MR) is 54.7 cm³/mol. The number of methoxy groups -OCH3 is 1. The summed E-state index contributed by atoms with van der Waals surface area (Å²) >= 11 is 3.18. The standard InChI is InChI=1S/C8H8BrN3O2/c1-14-8(13)5-2-4(9)3-6(10)7(5)12-11/h2-3,11H,10H2,1H3. The van der Waals surface area contributed by atoms with Crippen LogP contribution in [-0.4, -0.2) is 13.1 Å². The number of halogens is 1. The third kappa shape index (κ3) is 1.90. The van der Waals surface area contributed by atoms with Crippen molar-refractivity contribution >= 4 is 33.3 Å². The van der Waals surface area contributed by atoms with Gasteiger partial charge in [0.05, 0.1) is 18.4 Å². The molecule has 0 spiro atoms. The molecule has 1 aromatic carbocycles. The van der Waals surface area contributed by atoms with E-state index < -0.39 is 5.97 Å². The van der Waals surface area contributed by atoms with Gasteiger partial charge in [-0.3, -0.25) is 0 Å².